The number of fused-ring (bicyclic) bond motifs is 2. The van der Waals surface area contributed by atoms with Crippen LogP contribution in [0.25, 0.3) is 22.1 Å². The Bertz CT molecular complexity index is 1960. The van der Waals surface area contributed by atoms with E-state index in [1.807, 2.05) is 54.6 Å². The Kier molecular flexibility index (Phi) is 7.33. The summed E-state index contributed by atoms with van der Waals surface area (Å²) in [6, 6.07) is 40.4. The number of halogens is 1. The van der Waals surface area contributed by atoms with Gasteiger partial charge in [-0.15, -0.1) is 0 Å². The lowest BCUT2D eigenvalue weighted by molar-refractivity contribution is 0.306. The van der Waals surface area contributed by atoms with E-state index in [2.05, 4.69) is 64.5 Å². The van der Waals surface area contributed by atoms with Crippen LogP contribution in [0.15, 0.2) is 135 Å². The van der Waals surface area contributed by atoms with Crippen LogP contribution in [-0.4, -0.2) is 5.11 Å². The van der Waals surface area contributed by atoms with Gasteiger partial charge >= 0.3 is 5.63 Å². The predicted molar refractivity (Wildman–Crippen MR) is 174 cm³/mol. The SMILES string of the molecule is O=c1oc2ccccc2c(O)c1C1CC(c2ccc(-c3ccc(OCc4ccc(Br)cc4)cc3)cc2)Cc2ccccc21. The molecule has 2 unspecified atom stereocenters. The summed E-state index contributed by atoms with van der Waals surface area (Å²) in [5.41, 5.74) is 7.11. The van der Waals surface area contributed by atoms with Crippen molar-refractivity contribution in [3.63, 3.8) is 0 Å². The lowest BCUT2D eigenvalue weighted by Crippen LogP contribution is -2.23. The minimum atomic E-state index is -0.476. The number of ether oxygens (including phenoxy) is 1. The third-order valence-corrected chi connectivity index (χ3v) is 9.00. The van der Waals surface area contributed by atoms with Crippen LogP contribution in [0.4, 0.5) is 0 Å². The molecule has 0 spiro atoms. The molecular formula is C38H29BrO4. The van der Waals surface area contributed by atoms with Gasteiger partial charge in [-0.3, -0.25) is 0 Å². The van der Waals surface area contributed by atoms with Gasteiger partial charge in [0, 0.05) is 10.4 Å². The summed E-state index contributed by atoms with van der Waals surface area (Å²) in [5, 5.41) is 11.8. The third kappa shape index (κ3) is 5.49. The zero-order valence-corrected chi connectivity index (χ0v) is 25.0. The maximum atomic E-state index is 13.2. The number of hydrogen-bond acceptors (Lipinski definition) is 4. The molecule has 0 radical (unpaired) electrons. The van der Waals surface area contributed by atoms with Crippen molar-refractivity contribution in [2.45, 2.75) is 31.3 Å². The van der Waals surface area contributed by atoms with Crippen LogP contribution in [0.2, 0.25) is 0 Å². The first kappa shape index (κ1) is 27.2. The molecule has 1 aliphatic rings. The topological polar surface area (TPSA) is 59.7 Å². The first-order chi connectivity index (χ1) is 21.0. The molecule has 1 N–H and O–H groups in total. The lowest BCUT2D eigenvalue weighted by Gasteiger charge is -2.32. The third-order valence-electron chi connectivity index (χ3n) is 8.47. The second-order valence-corrected chi connectivity index (χ2v) is 12.0. The average Bonchev–Trinajstić information content (AvgIpc) is 3.05. The summed E-state index contributed by atoms with van der Waals surface area (Å²) in [7, 11) is 0. The molecule has 0 saturated carbocycles. The van der Waals surface area contributed by atoms with Gasteiger partial charge in [-0.1, -0.05) is 101 Å². The van der Waals surface area contributed by atoms with Crippen LogP contribution >= 0.6 is 15.9 Å². The Morgan fingerprint density at radius 3 is 2.23 bits per heavy atom. The van der Waals surface area contributed by atoms with Crippen molar-refractivity contribution in [1.29, 1.82) is 0 Å². The van der Waals surface area contributed by atoms with Crippen LogP contribution in [0.3, 0.4) is 0 Å². The van der Waals surface area contributed by atoms with Gasteiger partial charge in [0.25, 0.3) is 0 Å². The molecule has 0 saturated heterocycles. The zero-order valence-electron chi connectivity index (χ0n) is 23.4. The number of aromatic hydroxyl groups is 1. The molecule has 6 aromatic rings. The summed E-state index contributed by atoms with van der Waals surface area (Å²) in [5.74, 6) is 0.776. The Morgan fingerprint density at radius 1 is 0.791 bits per heavy atom. The predicted octanol–water partition coefficient (Wildman–Crippen LogP) is 9.37. The van der Waals surface area contributed by atoms with E-state index in [1.54, 1.807) is 18.2 Å². The molecular weight excluding hydrogens is 600 g/mol. The van der Waals surface area contributed by atoms with E-state index in [9.17, 15) is 9.90 Å². The number of hydrogen-bond donors (Lipinski definition) is 1. The fourth-order valence-corrected chi connectivity index (χ4v) is 6.51. The summed E-state index contributed by atoms with van der Waals surface area (Å²) in [4.78, 5) is 13.2. The molecule has 43 heavy (non-hydrogen) atoms. The number of para-hydroxylation sites is 1. The summed E-state index contributed by atoms with van der Waals surface area (Å²) in [6.07, 6.45) is 1.58. The van der Waals surface area contributed by atoms with Crippen molar-refractivity contribution in [1.82, 2.24) is 0 Å². The molecule has 1 aliphatic carbocycles. The quantitative estimate of drug-likeness (QED) is 0.187. The van der Waals surface area contributed by atoms with Crippen molar-refractivity contribution in [2.75, 3.05) is 0 Å². The second-order valence-electron chi connectivity index (χ2n) is 11.1. The molecule has 0 amide bonds. The van der Waals surface area contributed by atoms with Crippen molar-refractivity contribution in [2.24, 2.45) is 0 Å². The Hall–Kier alpha value is -4.61. The molecule has 0 bridgehead atoms. The number of benzene rings is 5. The molecule has 4 nitrogen and oxygen atoms in total. The van der Waals surface area contributed by atoms with Crippen LogP contribution in [0, 0.1) is 0 Å². The van der Waals surface area contributed by atoms with E-state index in [0.717, 1.165) is 38.9 Å². The van der Waals surface area contributed by atoms with Gasteiger partial charge in [-0.2, -0.15) is 0 Å². The molecule has 2 atom stereocenters. The molecule has 1 heterocycles. The Labute approximate surface area is 258 Å². The minimum Gasteiger partial charge on any atom is -0.507 e. The first-order valence-corrected chi connectivity index (χ1v) is 15.2. The van der Waals surface area contributed by atoms with Crippen molar-refractivity contribution < 1.29 is 14.3 Å². The van der Waals surface area contributed by atoms with E-state index < -0.39 is 5.63 Å². The maximum absolute atomic E-state index is 13.2. The van der Waals surface area contributed by atoms with Gasteiger partial charge in [0.05, 0.1) is 10.9 Å². The molecule has 1 aromatic heterocycles. The molecule has 5 heteroatoms. The van der Waals surface area contributed by atoms with Crippen LogP contribution in [-0.2, 0) is 13.0 Å². The molecule has 7 rings (SSSR count). The van der Waals surface area contributed by atoms with E-state index in [4.69, 9.17) is 9.15 Å². The Morgan fingerprint density at radius 2 is 1.47 bits per heavy atom. The van der Waals surface area contributed by atoms with Crippen LogP contribution in [0.1, 0.15) is 46.1 Å². The minimum absolute atomic E-state index is 0.0203. The molecule has 5 aromatic carbocycles. The van der Waals surface area contributed by atoms with E-state index in [-0.39, 0.29) is 17.6 Å². The average molecular weight is 630 g/mol. The van der Waals surface area contributed by atoms with Crippen molar-refractivity contribution in [3.05, 3.63) is 164 Å². The van der Waals surface area contributed by atoms with Crippen molar-refractivity contribution >= 4 is 26.9 Å². The van der Waals surface area contributed by atoms with Crippen molar-refractivity contribution in [3.8, 4) is 22.6 Å². The van der Waals surface area contributed by atoms with E-state index in [1.165, 1.54) is 11.1 Å². The van der Waals surface area contributed by atoms with Gasteiger partial charge in [0.2, 0.25) is 0 Å². The summed E-state index contributed by atoms with van der Waals surface area (Å²) in [6.45, 7) is 0.520. The molecule has 0 aliphatic heterocycles. The van der Waals surface area contributed by atoms with Crippen LogP contribution in [0.5, 0.6) is 11.5 Å². The van der Waals surface area contributed by atoms with Gasteiger partial charge in [-0.05, 0) is 88.5 Å². The van der Waals surface area contributed by atoms with E-state index in [0.29, 0.717) is 29.6 Å². The summed E-state index contributed by atoms with van der Waals surface area (Å²) >= 11 is 3.46. The smallest absolute Gasteiger partial charge is 0.343 e. The first-order valence-electron chi connectivity index (χ1n) is 14.4. The van der Waals surface area contributed by atoms with Gasteiger partial charge in [0.1, 0.15) is 23.7 Å². The maximum Gasteiger partial charge on any atom is 0.343 e. The summed E-state index contributed by atoms with van der Waals surface area (Å²) < 4.78 is 12.7. The lowest BCUT2D eigenvalue weighted by atomic mass is 9.72. The highest BCUT2D eigenvalue weighted by Crippen LogP contribution is 2.46. The highest BCUT2D eigenvalue weighted by molar-refractivity contribution is 9.10. The monoisotopic (exact) mass is 628 g/mol. The second kappa shape index (κ2) is 11.6. The van der Waals surface area contributed by atoms with Gasteiger partial charge < -0.3 is 14.3 Å². The largest absolute Gasteiger partial charge is 0.507 e. The normalized spacial score (nSPS) is 16.1. The van der Waals surface area contributed by atoms with E-state index >= 15 is 0 Å². The standard InChI is InChI=1S/C38H29BrO4/c39-30-17-9-24(10-18-30)23-42-31-19-15-26(16-20-31)25-11-13-27(14-12-25)29-21-28-5-1-2-6-32(28)34(22-29)36-37(40)33-7-3-4-8-35(33)43-38(36)41/h1-20,29,34,40H,21-23H2. The molecule has 212 valence electrons. The fourth-order valence-electron chi connectivity index (χ4n) is 6.24. The van der Waals surface area contributed by atoms with Crippen LogP contribution < -0.4 is 10.4 Å². The van der Waals surface area contributed by atoms with Gasteiger partial charge in [-0.25, -0.2) is 4.79 Å². The van der Waals surface area contributed by atoms with Gasteiger partial charge in [0.15, 0.2) is 0 Å². The number of rotatable bonds is 6. The molecule has 0 fully saturated rings. The zero-order chi connectivity index (χ0) is 29.3. The Balaban J connectivity index is 1.13. The highest BCUT2D eigenvalue weighted by Gasteiger charge is 2.33. The fraction of sp³-hybridized carbons (Fsp3) is 0.132. The highest BCUT2D eigenvalue weighted by atomic mass is 79.9.